The zero-order chi connectivity index (χ0) is 17.8. The Morgan fingerprint density at radius 3 is 2.78 bits per heavy atom. The fourth-order valence-corrected chi connectivity index (χ4v) is 3.42. The first-order valence-corrected chi connectivity index (χ1v) is 9.00. The largest absolute Gasteiger partial charge is 0.370 e. The van der Waals surface area contributed by atoms with Crippen LogP contribution in [-0.4, -0.2) is 15.7 Å². The summed E-state index contributed by atoms with van der Waals surface area (Å²) in [6, 6.07) is 16.8. The van der Waals surface area contributed by atoms with Gasteiger partial charge < -0.3 is 11.1 Å². The van der Waals surface area contributed by atoms with Gasteiger partial charge in [0.15, 0.2) is 5.96 Å². The lowest BCUT2D eigenvalue weighted by Crippen LogP contribution is -2.22. The first-order chi connectivity index (χ1) is 12.8. The van der Waals surface area contributed by atoms with E-state index in [0.717, 1.165) is 24.2 Å². The predicted molar refractivity (Wildman–Crippen MR) is 121 cm³/mol. The highest BCUT2D eigenvalue weighted by molar-refractivity contribution is 14.0. The molecule has 0 radical (unpaired) electrons. The van der Waals surface area contributed by atoms with Crippen molar-refractivity contribution >= 4 is 35.6 Å². The van der Waals surface area contributed by atoms with Gasteiger partial charge in [-0.05, 0) is 59.7 Å². The highest BCUT2D eigenvalue weighted by atomic mass is 127. The van der Waals surface area contributed by atoms with Crippen LogP contribution in [0.2, 0.25) is 0 Å². The van der Waals surface area contributed by atoms with Crippen molar-refractivity contribution in [2.24, 2.45) is 10.7 Å². The van der Waals surface area contributed by atoms with E-state index >= 15 is 0 Å². The first kappa shape index (κ1) is 19.4. The maximum absolute atomic E-state index is 6.07. The van der Waals surface area contributed by atoms with Crippen molar-refractivity contribution in [3.05, 3.63) is 83.2 Å². The molecule has 0 atom stereocenters. The molecule has 0 amide bonds. The Morgan fingerprint density at radius 2 is 1.93 bits per heavy atom. The number of nitrogens with two attached hydrogens (primary N) is 1. The fourth-order valence-electron chi connectivity index (χ4n) is 3.42. The highest BCUT2D eigenvalue weighted by Gasteiger charge is 2.10. The van der Waals surface area contributed by atoms with Gasteiger partial charge in [0.1, 0.15) is 0 Å². The second-order valence-corrected chi connectivity index (χ2v) is 6.69. The molecule has 0 unspecified atom stereocenters. The number of hydrogen-bond donors (Lipinski definition) is 2. The van der Waals surface area contributed by atoms with Gasteiger partial charge in [-0.1, -0.05) is 30.3 Å². The number of benzene rings is 2. The molecule has 5 nitrogen and oxygen atoms in total. The van der Waals surface area contributed by atoms with Crippen LogP contribution in [0.25, 0.3) is 0 Å². The molecule has 1 aromatic heterocycles. The van der Waals surface area contributed by atoms with Crippen molar-refractivity contribution in [3.63, 3.8) is 0 Å². The standard InChI is InChI=1S/C21H23N5.HI/c22-21(25-20-9-8-18-6-2-7-19(18)13-20)23-14-16-4-1-5-17(12-16)15-26-11-3-10-24-26;/h1,3-5,8-13H,2,6-7,14-15H2,(H3,22,23,25);1H. The second-order valence-electron chi connectivity index (χ2n) is 6.69. The van der Waals surface area contributed by atoms with E-state index in [0.29, 0.717) is 12.5 Å². The number of aromatic nitrogens is 2. The van der Waals surface area contributed by atoms with Crippen LogP contribution in [0, 0.1) is 0 Å². The summed E-state index contributed by atoms with van der Waals surface area (Å²) in [6.07, 6.45) is 7.35. The van der Waals surface area contributed by atoms with Crippen molar-refractivity contribution in [1.29, 1.82) is 0 Å². The van der Waals surface area contributed by atoms with E-state index in [1.807, 2.05) is 23.0 Å². The molecular formula is C21H24IN5. The Kier molecular flexibility index (Phi) is 6.49. The predicted octanol–water partition coefficient (Wildman–Crippen LogP) is 3.96. The maximum atomic E-state index is 6.07. The molecule has 0 fully saturated rings. The number of anilines is 1. The second kappa shape index (κ2) is 9.03. The summed E-state index contributed by atoms with van der Waals surface area (Å²) in [5.41, 5.74) is 12.3. The van der Waals surface area contributed by atoms with E-state index in [2.05, 4.69) is 51.8 Å². The van der Waals surface area contributed by atoms with E-state index < -0.39 is 0 Å². The van der Waals surface area contributed by atoms with Crippen molar-refractivity contribution in [2.75, 3.05) is 5.32 Å². The Balaban J connectivity index is 0.00000210. The van der Waals surface area contributed by atoms with Gasteiger partial charge in [0.25, 0.3) is 0 Å². The molecule has 1 aliphatic rings. The van der Waals surface area contributed by atoms with Crippen molar-refractivity contribution in [2.45, 2.75) is 32.4 Å². The lowest BCUT2D eigenvalue weighted by atomic mass is 10.1. The van der Waals surface area contributed by atoms with Gasteiger partial charge in [0.05, 0.1) is 13.1 Å². The number of hydrogen-bond acceptors (Lipinski definition) is 2. The fraction of sp³-hybridized carbons (Fsp3) is 0.238. The molecule has 0 saturated carbocycles. The third-order valence-electron chi connectivity index (χ3n) is 4.70. The summed E-state index contributed by atoms with van der Waals surface area (Å²) < 4.78 is 1.91. The van der Waals surface area contributed by atoms with Crippen LogP contribution in [0.4, 0.5) is 5.69 Å². The molecule has 3 N–H and O–H groups in total. The van der Waals surface area contributed by atoms with E-state index in [1.165, 1.54) is 29.5 Å². The molecule has 1 heterocycles. The minimum atomic E-state index is 0. The zero-order valence-corrected chi connectivity index (χ0v) is 17.5. The lowest BCUT2D eigenvalue weighted by molar-refractivity contribution is 0.686. The monoisotopic (exact) mass is 473 g/mol. The number of rotatable bonds is 5. The van der Waals surface area contributed by atoms with Gasteiger partial charge >= 0.3 is 0 Å². The number of nitrogens with one attached hydrogen (secondary N) is 1. The summed E-state index contributed by atoms with van der Waals surface area (Å²) in [4.78, 5) is 4.48. The average Bonchev–Trinajstić information content (AvgIpc) is 3.31. The number of nitrogens with zero attached hydrogens (tertiary/aromatic N) is 3. The third kappa shape index (κ3) is 5.09. The van der Waals surface area contributed by atoms with Gasteiger partial charge in [-0.15, -0.1) is 24.0 Å². The topological polar surface area (TPSA) is 68.2 Å². The summed E-state index contributed by atoms with van der Waals surface area (Å²) in [5, 5.41) is 7.45. The van der Waals surface area contributed by atoms with Crippen molar-refractivity contribution < 1.29 is 0 Å². The molecule has 1 aliphatic carbocycles. The number of guanidine groups is 1. The molecule has 0 spiro atoms. The van der Waals surface area contributed by atoms with Gasteiger partial charge in [0.2, 0.25) is 0 Å². The van der Waals surface area contributed by atoms with Crippen LogP contribution in [0.15, 0.2) is 65.9 Å². The van der Waals surface area contributed by atoms with Gasteiger partial charge in [-0.3, -0.25) is 4.68 Å². The van der Waals surface area contributed by atoms with Crippen LogP contribution in [0.1, 0.15) is 28.7 Å². The molecule has 0 aliphatic heterocycles. The molecule has 3 aromatic rings. The number of fused-ring (bicyclic) bond motifs is 1. The Morgan fingerprint density at radius 1 is 1.07 bits per heavy atom. The minimum absolute atomic E-state index is 0. The molecule has 0 bridgehead atoms. The summed E-state index contributed by atoms with van der Waals surface area (Å²) >= 11 is 0. The Hall–Kier alpha value is -2.35. The van der Waals surface area contributed by atoms with Crippen LogP contribution in [0.3, 0.4) is 0 Å². The molecule has 140 valence electrons. The van der Waals surface area contributed by atoms with Crippen LogP contribution in [-0.2, 0) is 25.9 Å². The third-order valence-corrected chi connectivity index (χ3v) is 4.70. The Bertz CT molecular complexity index is 918. The van der Waals surface area contributed by atoms with E-state index in [4.69, 9.17) is 5.73 Å². The molecule has 0 saturated heterocycles. The zero-order valence-electron chi connectivity index (χ0n) is 15.1. The minimum Gasteiger partial charge on any atom is -0.370 e. The van der Waals surface area contributed by atoms with Crippen LogP contribution >= 0.6 is 24.0 Å². The lowest BCUT2D eigenvalue weighted by Gasteiger charge is -2.08. The van der Waals surface area contributed by atoms with Gasteiger partial charge in [-0.25, -0.2) is 4.99 Å². The van der Waals surface area contributed by atoms with E-state index in [9.17, 15) is 0 Å². The first-order valence-electron chi connectivity index (χ1n) is 9.00. The summed E-state index contributed by atoms with van der Waals surface area (Å²) in [5.74, 6) is 0.445. The number of aryl methyl sites for hydroxylation is 2. The van der Waals surface area contributed by atoms with Crippen LogP contribution in [0.5, 0.6) is 0 Å². The normalized spacial score (nSPS) is 13.1. The molecular weight excluding hydrogens is 449 g/mol. The molecule has 27 heavy (non-hydrogen) atoms. The molecule has 6 heteroatoms. The van der Waals surface area contributed by atoms with E-state index in [1.54, 1.807) is 6.20 Å². The smallest absolute Gasteiger partial charge is 0.193 e. The number of aliphatic imine (C=N–C) groups is 1. The SMILES string of the molecule is I.NC(=NCc1cccc(Cn2cccn2)c1)Nc1ccc2c(c1)CCC2. The molecule has 4 rings (SSSR count). The maximum Gasteiger partial charge on any atom is 0.193 e. The number of halogens is 1. The van der Waals surface area contributed by atoms with Crippen molar-refractivity contribution in [1.82, 2.24) is 9.78 Å². The molecule has 2 aromatic carbocycles. The highest BCUT2D eigenvalue weighted by Crippen LogP contribution is 2.24. The quantitative estimate of drug-likeness (QED) is 0.335. The van der Waals surface area contributed by atoms with Gasteiger partial charge in [-0.2, -0.15) is 5.10 Å². The van der Waals surface area contributed by atoms with Gasteiger partial charge in [0, 0.05) is 18.1 Å². The van der Waals surface area contributed by atoms with Crippen LogP contribution < -0.4 is 11.1 Å². The van der Waals surface area contributed by atoms with E-state index in [-0.39, 0.29) is 24.0 Å². The average molecular weight is 473 g/mol. The summed E-state index contributed by atoms with van der Waals surface area (Å²) in [6.45, 7) is 1.31. The summed E-state index contributed by atoms with van der Waals surface area (Å²) in [7, 11) is 0. The Labute approximate surface area is 176 Å². The van der Waals surface area contributed by atoms with Crippen molar-refractivity contribution in [3.8, 4) is 0 Å².